The SMILES string of the molecule is CCCSP(C)Cl. The second kappa shape index (κ2) is 5.21. The molecule has 0 bridgehead atoms. The maximum absolute atomic E-state index is 5.68. The van der Waals surface area contributed by atoms with E-state index >= 15 is 0 Å². The zero-order valence-corrected chi connectivity index (χ0v) is 7.11. The van der Waals surface area contributed by atoms with E-state index in [1.807, 2.05) is 11.4 Å². The van der Waals surface area contributed by atoms with Gasteiger partial charge in [0.15, 0.2) is 0 Å². The normalized spacial score (nSPS) is 14.1. The molecule has 1 atom stereocenters. The van der Waals surface area contributed by atoms with Crippen LogP contribution in [0.5, 0.6) is 0 Å². The Hall–Kier alpha value is 1.07. The van der Waals surface area contributed by atoms with Crippen LogP contribution in [-0.2, 0) is 0 Å². The molecule has 1 unspecified atom stereocenters. The summed E-state index contributed by atoms with van der Waals surface area (Å²) < 4.78 is 0. The minimum Gasteiger partial charge on any atom is -0.118 e. The summed E-state index contributed by atoms with van der Waals surface area (Å²) in [5, 5.41) is 0. The number of hydrogen-bond donors (Lipinski definition) is 0. The van der Waals surface area contributed by atoms with Crippen LogP contribution < -0.4 is 0 Å². The van der Waals surface area contributed by atoms with E-state index < -0.39 is 0 Å². The third-order valence-electron chi connectivity index (χ3n) is 0.473. The molecule has 3 heteroatoms. The lowest BCUT2D eigenvalue weighted by Gasteiger charge is -1.96. The van der Waals surface area contributed by atoms with Gasteiger partial charge in [-0.05, 0) is 18.8 Å². The van der Waals surface area contributed by atoms with Gasteiger partial charge in [0.2, 0.25) is 0 Å². The average molecular weight is 157 g/mol. The number of hydrogen-bond acceptors (Lipinski definition) is 1. The molecule has 0 aromatic heterocycles. The van der Waals surface area contributed by atoms with Gasteiger partial charge in [0.1, 0.15) is 0 Å². The number of halogens is 1. The Labute approximate surface area is 55.3 Å². The molecule has 0 spiro atoms. The van der Waals surface area contributed by atoms with Gasteiger partial charge < -0.3 is 0 Å². The molecule has 0 aliphatic carbocycles. The largest absolute Gasteiger partial charge is 0.118 e. The van der Waals surface area contributed by atoms with Crippen LogP contribution in [0, 0.1) is 0 Å². The van der Waals surface area contributed by atoms with Crippen molar-refractivity contribution in [3.63, 3.8) is 0 Å². The van der Waals surface area contributed by atoms with Crippen molar-refractivity contribution in [2.24, 2.45) is 0 Å². The molecule has 0 amide bonds. The van der Waals surface area contributed by atoms with Crippen molar-refractivity contribution in [3.8, 4) is 0 Å². The van der Waals surface area contributed by atoms with Crippen LogP contribution in [0.4, 0.5) is 0 Å². The molecule has 0 saturated carbocycles. The molecule has 0 aliphatic rings. The zero-order valence-electron chi connectivity index (χ0n) is 4.65. The minimum absolute atomic E-state index is 0.217. The van der Waals surface area contributed by atoms with E-state index in [0.29, 0.717) is 0 Å². The van der Waals surface area contributed by atoms with Crippen molar-refractivity contribution in [3.05, 3.63) is 0 Å². The average Bonchev–Trinajstić information content (AvgIpc) is 1.61. The zero-order chi connectivity index (χ0) is 5.70. The monoisotopic (exact) mass is 156 g/mol. The van der Waals surface area contributed by atoms with E-state index in [0.717, 1.165) is 0 Å². The third-order valence-corrected chi connectivity index (χ3v) is 3.91. The van der Waals surface area contributed by atoms with Crippen LogP contribution in [-0.4, -0.2) is 12.4 Å². The summed E-state index contributed by atoms with van der Waals surface area (Å²) in [6.07, 6.45) is 1.24. The molecule has 44 valence electrons. The molecule has 0 aromatic rings. The Kier molecular flexibility index (Phi) is 6.01. The molecular formula is C4H10ClPS. The van der Waals surface area contributed by atoms with E-state index in [4.69, 9.17) is 11.2 Å². The van der Waals surface area contributed by atoms with Crippen LogP contribution >= 0.6 is 29.1 Å². The Balaban J connectivity index is 2.68. The van der Waals surface area contributed by atoms with Crippen LogP contribution in [0.15, 0.2) is 0 Å². The first-order chi connectivity index (χ1) is 3.27. The van der Waals surface area contributed by atoms with Crippen LogP contribution in [0.25, 0.3) is 0 Å². The molecule has 0 N–H and O–H groups in total. The van der Waals surface area contributed by atoms with Gasteiger partial charge in [-0.15, -0.1) is 11.4 Å². The Bertz CT molecular complexity index is 40.7. The molecule has 0 nitrogen and oxygen atoms in total. The van der Waals surface area contributed by atoms with Gasteiger partial charge in [-0.3, -0.25) is 0 Å². The molecule has 0 aliphatic heterocycles. The van der Waals surface area contributed by atoms with Gasteiger partial charge >= 0.3 is 0 Å². The first-order valence-electron chi connectivity index (χ1n) is 2.29. The third kappa shape index (κ3) is 7.07. The fourth-order valence-corrected chi connectivity index (χ4v) is 2.57. The molecule has 0 rings (SSSR count). The fourth-order valence-electron chi connectivity index (χ4n) is 0.217. The van der Waals surface area contributed by atoms with Crippen molar-refractivity contribution in [2.75, 3.05) is 12.4 Å². The summed E-state index contributed by atoms with van der Waals surface area (Å²) in [7, 11) is 0. The van der Waals surface area contributed by atoms with Crippen LogP contribution in [0.2, 0.25) is 0 Å². The van der Waals surface area contributed by atoms with E-state index in [1.165, 1.54) is 12.2 Å². The standard InChI is InChI=1S/C4H10ClPS/c1-3-4-7-6(2)5/h3-4H2,1-2H3. The highest BCUT2D eigenvalue weighted by Crippen LogP contribution is 2.50. The van der Waals surface area contributed by atoms with Crippen molar-refractivity contribution < 1.29 is 0 Å². The highest BCUT2D eigenvalue weighted by Gasteiger charge is 1.91. The highest BCUT2D eigenvalue weighted by molar-refractivity contribution is 8.62. The van der Waals surface area contributed by atoms with Crippen molar-refractivity contribution in [1.82, 2.24) is 0 Å². The lowest BCUT2D eigenvalue weighted by molar-refractivity contribution is 1.11. The van der Waals surface area contributed by atoms with Crippen LogP contribution in [0.3, 0.4) is 0 Å². The van der Waals surface area contributed by atoms with Gasteiger partial charge in [0, 0.05) is 6.48 Å². The van der Waals surface area contributed by atoms with Gasteiger partial charge in [-0.25, -0.2) is 0 Å². The number of rotatable bonds is 3. The van der Waals surface area contributed by atoms with E-state index in [1.54, 1.807) is 0 Å². The lowest BCUT2D eigenvalue weighted by atomic mass is 10.6. The quantitative estimate of drug-likeness (QED) is 0.565. The van der Waals surface area contributed by atoms with Gasteiger partial charge in [0.05, 0.1) is 0 Å². The molecule has 0 saturated heterocycles. The maximum Gasteiger partial charge on any atom is 0.0461 e. The maximum atomic E-state index is 5.68. The van der Waals surface area contributed by atoms with Gasteiger partial charge in [-0.2, -0.15) is 0 Å². The topological polar surface area (TPSA) is 0 Å². The molecule has 0 aromatic carbocycles. The van der Waals surface area contributed by atoms with Crippen LogP contribution in [0.1, 0.15) is 13.3 Å². The predicted molar refractivity (Wildman–Crippen MR) is 41.4 cm³/mol. The second-order valence-electron chi connectivity index (χ2n) is 1.25. The summed E-state index contributed by atoms with van der Waals surface area (Å²) in [6.45, 7) is 4.02. The summed E-state index contributed by atoms with van der Waals surface area (Å²) in [5.74, 6) is 1.21. The first kappa shape index (κ1) is 8.07. The van der Waals surface area contributed by atoms with Crippen molar-refractivity contribution in [1.29, 1.82) is 0 Å². The Morgan fingerprint density at radius 1 is 1.71 bits per heavy atom. The molecule has 0 radical (unpaired) electrons. The Morgan fingerprint density at radius 3 is 2.43 bits per heavy atom. The van der Waals surface area contributed by atoms with E-state index in [2.05, 4.69) is 13.6 Å². The highest BCUT2D eigenvalue weighted by atomic mass is 35.7. The minimum atomic E-state index is -0.217. The predicted octanol–water partition coefficient (Wildman–Crippen LogP) is 3.31. The summed E-state index contributed by atoms with van der Waals surface area (Å²) >= 11 is 7.55. The molecular weight excluding hydrogens is 147 g/mol. The smallest absolute Gasteiger partial charge is 0.0461 e. The summed E-state index contributed by atoms with van der Waals surface area (Å²) in [6, 6.07) is 0. The van der Waals surface area contributed by atoms with E-state index in [9.17, 15) is 0 Å². The summed E-state index contributed by atoms with van der Waals surface area (Å²) in [4.78, 5) is 0. The summed E-state index contributed by atoms with van der Waals surface area (Å²) in [5.41, 5.74) is 0. The first-order valence-corrected chi connectivity index (χ1v) is 6.58. The van der Waals surface area contributed by atoms with Gasteiger partial charge in [0.25, 0.3) is 0 Å². The molecule has 0 fully saturated rings. The van der Waals surface area contributed by atoms with Gasteiger partial charge in [-0.1, -0.05) is 18.2 Å². The van der Waals surface area contributed by atoms with Crippen molar-refractivity contribution >= 4 is 29.1 Å². The second-order valence-corrected chi connectivity index (χ2v) is 7.30. The van der Waals surface area contributed by atoms with E-state index in [-0.39, 0.29) is 6.48 Å². The molecule has 0 heterocycles. The molecule has 7 heavy (non-hydrogen) atoms. The van der Waals surface area contributed by atoms with Crippen molar-refractivity contribution in [2.45, 2.75) is 13.3 Å². The Morgan fingerprint density at radius 2 is 2.29 bits per heavy atom. The fraction of sp³-hybridized carbons (Fsp3) is 1.00. The lowest BCUT2D eigenvalue weighted by Crippen LogP contribution is -1.65.